The summed E-state index contributed by atoms with van der Waals surface area (Å²) in [5.41, 5.74) is -0.897. The molecule has 0 saturated heterocycles. The van der Waals surface area contributed by atoms with Crippen molar-refractivity contribution in [1.82, 2.24) is 4.98 Å². The summed E-state index contributed by atoms with van der Waals surface area (Å²) in [6.45, 7) is 4.00. The van der Waals surface area contributed by atoms with Gasteiger partial charge >= 0.3 is 6.18 Å². The van der Waals surface area contributed by atoms with Crippen molar-refractivity contribution in [3.8, 4) is 28.1 Å². The number of hydrogen-bond acceptors (Lipinski definition) is 4. The molecule has 0 unspecified atom stereocenters. The zero-order chi connectivity index (χ0) is 23.4. The van der Waals surface area contributed by atoms with Crippen molar-refractivity contribution in [3.63, 3.8) is 0 Å². The van der Waals surface area contributed by atoms with E-state index < -0.39 is 27.5 Å². The molecule has 0 fully saturated rings. The van der Waals surface area contributed by atoms with Crippen LogP contribution in [0.5, 0.6) is 5.88 Å². The fourth-order valence-corrected chi connectivity index (χ4v) is 3.48. The van der Waals surface area contributed by atoms with Gasteiger partial charge in [0.25, 0.3) is 0 Å². The number of alkyl halides is 3. The molecule has 0 saturated carbocycles. The molecular weight excluding hydrogens is 434 g/mol. The molecule has 0 aliphatic heterocycles. The Morgan fingerprint density at radius 1 is 0.903 bits per heavy atom. The van der Waals surface area contributed by atoms with Gasteiger partial charge in [0.15, 0.2) is 15.5 Å². The molecule has 3 aromatic rings. The molecule has 0 atom stereocenters. The Kier molecular flexibility index (Phi) is 7.43. The van der Waals surface area contributed by atoms with E-state index in [-0.39, 0.29) is 27.5 Å². The number of benzene rings is 2. The molecule has 3 rings (SSSR count). The van der Waals surface area contributed by atoms with Gasteiger partial charge in [-0.15, -0.1) is 0 Å². The van der Waals surface area contributed by atoms with Gasteiger partial charge in [-0.3, -0.25) is 0 Å². The minimum Gasteiger partial charge on any atom is -0.481 e. The maximum Gasteiger partial charge on any atom is 0.434 e. The van der Waals surface area contributed by atoms with E-state index in [1.807, 2.05) is 13.8 Å². The highest BCUT2D eigenvalue weighted by molar-refractivity contribution is 7.90. The Morgan fingerprint density at radius 2 is 1.42 bits per heavy atom. The summed E-state index contributed by atoms with van der Waals surface area (Å²) in [4.78, 5) is 3.60. The predicted molar refractivity (Wildman–Crippen MR) is 111 cm³/mol. The molecule has 2 aromatic carbocycles. The van der Waals surface area contributed by atoms with Crippen molar-refractivity contribution in [2.24, 2.45) is 0 Å². The Morgan fingerprint density at radius 3 is 1.87 bits per heavy atom. The lowest BCUT2D eigenvalue weighted by atomic mass is 9.93. The van der Waals surface area contributed by atoms with Gasteiger partial charge in [0.1, 0.15) is 5.82 Å². The molecule has 1 aromatic heterocycles. The number of nitrogens with zero attached hydrogens (tertiary/aromatic N) is 1. The van der Waals surface area contributed by atoms with E-state index in [0.29, 0.717) is 5.56 Å². The third-order valence-corrected chi connectivity index (χ3v) is 5.33. The van der Waals surface area contributed by atoms with Crippen LogP contribution in [0, 0.1) is 5.82 Å². The molecule has 0 radical (unpaired) electrons. The number of hydrogen-bond donors (Lipinski definition) is 0. The molecule has 166 valence electrons. The SMILES string of the molecule is CC.COc1cc(-c2ccc(S(C)(=O)=O)cc2)c(-c2ccc(F)cc2)c(C(F)(F)F)n1. The topological polar surface area (TPSA) is 56.3 Å². The highest BCUT2D eigenvalue weighted by Crippen LogP contribution is 2.43. The molecule has 31 heavy (non-hydrogen) atoms. The minimum absolute atomic E-state index is 0.0293. The minimum atomic E-state index is -4.81. The van der Waals surface area contributed by atoms with Crippen LogP contribution >= 0.6 is 0 Å². The van der Waals surface area contributed by atoms with E-state index in [9.17, 15) is 26.0 Å². The number of aromatic nitrogens is 1. The second kappa shape index (κ2) is 9.47. The average Bonchev–Trinajstić information content (AvgIpc) is 2.74. The van der Waals surface area contributed by atoms with Crippen LogP contribution in [0.4, 0.5) is 17.6 Å². The maximum atomic E-state index is 13.8. The molecule has 0 N–H and O–H groups in total. The van der Waals surface area contributed by atoms with Crippen molar-refractivity contribution < 1.29 is 30.7 Å². The van der Waals surface area contributed by atoms with E-state index in [2.05, 4.69) is 4.98 Å². The first-order chi connectivity index (χ1) is 14.5. The van der Waals surface area contributed by atoms with Crippen LogP contribution in [-0.2, 0) is 16.0 Å². The number of rotatable bonds is 4. The largest absolute Gasteiger partial charge is 0.481 e. The van der Waals surface area contributed by atoms with E-state index in [0.717, 1.165) is 18.4 Å². The number of sulfone groups is 1. The highest BCUT2D eigenvalue weighted by atomic mass is 32.2. The van der Waals surface area contributed by atoms with Gasteiger partial charge < -0.3 is 4.74 Å². The Hall–Kier alpha value is -2.94. The summed E-state index contributed by atoms with van der Waals surface area (Å²) < 4.78 is 82.9. The molecule has 0 spiro atoms. The number of pyridine rings is 1. The van der Waals surface area contributed by atoms with Crippen LogP contribution in [0.15, 0.2) is 59.5 Å². The Bertz CT molecular complexity index is 1140. The van der Waals surface area contributed by atoms with Crippen molar-refractivity contribution >= 4 is 9.84 Å². The summed E-state index contributed by atoms with van der Waals surface area (Å²) in [5.74, 6) is -0.854. The first-order valence-electron chi connectivity index (χ1n) is 9.23. The zero-order valence-electron chi connectivity index (χ0n) is 17.3. The fourth-order valence-electron chi connectivity index (χ4n) is 2.85. The first-order valence-corrected chi connectivity index (χ1v) is 11.1. The van der Waals surface area contributed by atoms with Gasteiger partial charge in [0.2, 0.25) is 5.88 Å². The third kappa shape index (κ3) is 5.61. The van der Waals surface area contributed by atoms with E-state index >= 15 is 0 Å². The van der Waals surface area contributed by atoms with Crippen molar-refractivity contribution in [3.05, 3.63) is 66.1 Å². The van der Waals surface area contributed by atoms with Crippen LogP contribution in [0.25, 0.3) is 22.3 Å². The smallest absolute Gasteiger partial charge is 0.434 e. The molecule has 0 aliphatic rings. The Labute approximate surface area is 178 Å². The molecule has 0 aliphatic carbocycles. The number of ether oxygens (including phenoxy) is 1. The third-order valence-electron chi connectivity index (χ3n) is 4.20. The van der Waals surface area contributed by atoms with Crippen molar-refractivity contribution in [1.29, 1.82) is 0 Å². The van der Waals surface area contributed by atoms with Gasteiger partial charge in [0, 0.05) is 17.9 Å². The summed E-state index contributed by atoms with van der Waals surface area (Å²) in [7, 11) is -2.28. The molecular formula is C22H21F4NO3S. The van der Waals surface area contributed by atoms with E-state index in [1.165, 1.54) is 49.6 Å². The fraction of sp³-hybridized carbons (Fsp3) is 0.227. The zero-order valence-corrected chi connectivity index (χ0v) is 18.1. The summed E-state index contributed by atoms with van der Waals surface area (Å²) >= 11 is 0. The van der Waals surface area contributed by atoms with Gasteiger partial charge in [-0.05, 0) is 41.0 Å². The predicted octanol–water partition coefficient (Wildman–Crippen LogP) is 6.01. The second-order valence-corrected chi connectivity index (χ2v) is 8.25. The monoisotopic (exact) mass is 455 g/mol. The molecule has 4 nitrogen and oxygen atoms in total. The summed E-state index contributed by atoms with van der Waals surface area (Å²) in [5, 5.41) is 0. The van der Waals surface area contributed by atoms with Gasteiger partial charge in [-0.1, -0.05) is 38.1 Å². The lowest BCUT2D eigenvalue weighted by Gasteiger charge is -2.18. The standard InChI is InChI=1S/C20H15F4NO3S.C2H6/c1-28-17-11-16(12-5-9-15(10-6-12)29(2,26)27)18(19(25-17)20(22,23)24)13-3-7-14(21)8-4-13;1-2/h3-11H,1-2H3;1-2H3. The Balaban J connectivity index is 0.00000166. The van der Waals surface area contributed by atoms with Crippen LogP contribution in [0.3, 0.4) is 0 Å². The highest BCUT2D eigenvalue weighted by Gasteiger charge is 2.38. The lowest BCUT2D eigenvalue weighted by molar-refractivity contribution is -0.140. The van der Waals surface area contributed by atoms with Crippen LogP contribution in [-0.4, -0.2) is 26.8 Å². The number of methoxy groups -OCH3 is 1. The van der Waals surface area contributed by atoms with Crippen molar-refractivity contribution in [2.75, 3.05) is 13.4 Å². The van der Waals surface area contributed by atoms with Gasteiger partial charge in [-0.2, -0.15) is 13.2 Å². The quantitative estimate of drug-likeness (QED) is 0.452. The second-order valence-electron chi connectivity index (χ2n) is 6.24. The van der Waals surface area contributed by atoms with Gasteiger partial charge in [-0.25, -0.2) is 17.8 Å². The molecule has 0 amide bonds. The molecule has 1 heterocycles. The number of halogens is 4. The van der Waals surface area contributed by atoms with Crippen molar-refractivity contribution in [2.45, 2.75) is 24.9 Å². The van der Waals surface area contributed by atoms with E-state index in [4.69, 9.17) is 4.74 Å². The first kappa shape index (κ1) is 24.3. The van der Waals surface area contributed by atoms with Crippen LogP contribution in [0.1, 0.15) is 19.5 Å². The van der Waals surface area contributed by atoms with E-state index in [1.54, 1.807) is 0 Å². The van der Waals surface area contributed by atoms with Crippen LogP contribution < -0.4 is 4.74 Å². The maximum absolute atomic E-state index is 13.8. The average molecular weight is 455 g/mol. The lowest BCUT2D eigenvalue weighted by Crippen LogP contribution is -2.12. The normalized spacial score (nSPS) is 11.5. The molecule has 9 heteroatoms. The van der Waals surface area contributed by atoms with Gasteiger partial charge in [0.05, 0.1) is 12.0 Å². The summed E-state index contributed by atoms with van der Waals surface area (Å²) in [6.07, 6.45) is -3.77. The summed E-state index contributed by atoms with van der Waals surface area (Å²) in [6, 6.07) is 11.3. The molecule has 0 bridgehead atoms. The van der Waals surface area contributed by atoms with Crippen LogP contribution in [0.2, 0.25) is 0 Å².